The number of nitrogens with zero attached hydrogens (tertiary/aromatic N) is 2. The molecule has 0 aliphatic heterocycles. The number of aliphatic hydroxyl groups excluding tert-OH is 1. The van der Waals surface area contributed by atoms with Crippen LogP contribution in [0.15, 0.2) is 35.1 Å². The molecule has 4 N–H and O–H groups in total. The molecule has 0 spiro atoms. The first-order valence-corrected chi connectivity index (χ1v) is 7.16. The summed E-state index contributed by atoms with van der Waals surface area (Å²) in [6.45, 7) is 1.60. The quantitative estimate of drug-likeness (QED) is 0.687. The van der Waals surface area contributed by atoms with E-state index in [4.69, 9.17) is 22.4 Å². The van der Waals surface area contributed by atoms with E-state index in [-0.39, 0.29) is 18.2 Å². The minimum absolute atomic E-state index is 0.191. The number of aromatic amines is 1. The third kappa shape index (κ3) is 2.31. The average molecular weight is 319 g/mol. The van der Waals surface area contributed by atoms with Crippen LogP contribution in [0.5, 0.6) is 0 Å². The van der Waals surface area contributed by atoms with Crippen LogP contribution >= 0.6 is 11.6 Å². The summed E-state index contributed by atoms with van der Waals surface area (Å²) in [6, 6.07) is 8.35. The number of nitrogens with two attached hydrogens (primary N) is 1. The van der Waals surface area contributed by atoms with E-state index in [2.05, 4.69) is 10.2 Å². The molecule has 0 aliphatic rings. The molecule has 0 unspecified atom stereocenters. The minimum Gasteiger partial charge on any atom is -0.390 e. The van der Waals surface area contributed by atoms with Gasteiger partial charge in [0.25, 0.3) is 5.56 Å². The molecule has 0 fully saturated rings. The van der Waals surface area contributed by atoms with E-state index < -0.39 is 0 Å². The monoisotopic (exact) mass is 318 g/mol. The summed E-state index contributed by atoms with van der Waals surface area (Å²) in [4.78, 5) is 12.9. The van der Waals surface area contributed by atoms with Gasteiger partial charge in [0.2, 0.25) is 0 Å². The standard InChI is InChI=1S/C15H15ClN4O2/c1-8(17)12-5-9-3-2-4-11(16)14(9)15(22)20(12)13-6-10(7-21)18-19-13/h2-6,8,21H,7,17H2,1H3,(H,18,19)/t8-/m0/s1. The molecule has 114 valence electrons. The number of rotatable bonds is 3. The first kappa shape index (κ1) is 14.8. The predicted molar refractivity (Wildman–Crippen MR) is 85.2 cm³/mol. The topological polar surface area (TPSA) is 96.9 Å². The second-order valence-electron chi connectivity index (χ2n) is 5.11. The van der Waals surface area contributed by atoms with Gasteiger partial charge in [-0.2, -0.15) is 5.10 Å². The number of pyridine rings is 1. The predicted octanol–water partition coefficient (Wildman–Crippen LogP) is 1.88. The van der Waals surface area contributed by atoms with Gasteiger partial charge in [-0.1, -0.05) is 23.7 Å². The molecule has 3 rings (SSSR count). The molecule has 0 aliphatic carbocycles. The number of halogens is 1. The Kier molecular flexibility index (Phi) is 3.74. The highest BCUT2D eigenvalue weighted by Gasteiger charge is 2.17. The van der Waals surface area contributed by atoms with Crippen LogP contribution in [0, 0.1) is 0 Å². The van der Waals surface area contributed by atoms with Gasteiger partial charge < -0.3 is 10.8 Å². The van der Waals surface area contributed by atoms with Crippen LogP contribution in [-0.2, 0) is 6.61 Å². The lowest BCUT2D eigenvalue weighted by atomic mass is 10.1. The van der Waals surface area contributed by atoms with Crippen molar-refractivity contribution in [1.29, 1.82) is 0 Å². The molecule has 3 aromatic rings. The van der Waals surface area contributed by atoms with Crippen molar-refractivity contribution in [2.24, 2.45) is 5.73 Å². The molecular weight excluding hydrogens is 304 g/mol. The molecule has 2 aromatic heterocycles. The van der Waals surface area contributed by atoms with Gasteiger partial charge in [0.05, 0.1) is 22.7 Å². The first-order valence-electron chi connectivity index (χ1n) is 6.78. The van der Waals surface area contributed by atoms with Gasteiger partial charge in [-0.15, -0.1) is 0 Å². The Labute approximate surface area is 131 Å². The first-order chi connectivity index (χ1) is 10.5. The second kappa shape index (κ2) is 5.57. The van der Waals surface area contributed by atoms with Crippen molar-refractivity contribution in [1.82, 2.24) is 14.8 Å². The summed E-state index contributed by atoms with van der Waals surface area (Å²) in [5.41, 5.74) is 6.86. The van der Waals surface area contributed by atoms with Crippen LogP contribution in [0.1, 0.15) is 24.4 Å². The van der Waals surface area contributed by atoms with Crippen LogP contribution in [0.25, 0.3) is 16.6 Å². The normalized spacial score (nSPS) is 12.7. The summed E-state index contributed by atoms with van der Waals surface area (Å²) >= 11 is 6.17. The highest BCUT2D eigenvalue weighted by atomic mass is 35.5. The van der Waals surface area contributed by atoms with E-state index in [1.165, 1.54) is 4.57 Å². The Balaban J connectivity index is 2.40. The van der Waals surface area contributed by atoms with Crippen molar-refractivity contribution in [3.05, 3.63) is 57.1 Å². The largest absolute Gasteiger partial charge is 0.390 e. The summed E-state index contributed by atoms with van der Waals surface area (Å²) in [5.74, 6) is 0.378. The van der Waals surface area contributed by atoms with Gasteiger partial charge in [0, 0.05) is 17.8 Å². The molecular formula is C15H15ClN4O2. The van der Waals surface area contributed by atoms with Crippen molar-refractivity contribution < 1.29 is 5.11 Å². The maximum absolute atomic E-state index is 12.9. The summed E-state index contributed by atoms with van der Waals surface area (Å²) in [6.07, 6.45) is 0. The molecule has 0 amide bonds. The molecule has 0 saturated heterocycles. The SMILES string of the molecule is C[C@H](N)c1cc2cccc(Cl)c2c(=O)n1-c1cc(CO)[nH]n1. The van der Waals surface area contributed by atoms with Crippen LogP contribution < -0.4 is 11.3 Å². The zero-order valence-electron chi connectivity index (χ0n) is 11.9. The van der Waals surface area contributed by atoms with Crippen molar-refractivity contribution in [2.75, 3.05) is 0 Å². The van der Waals surface area contributed by atoms with Crippen LogP contribution in [0.2, 0.25) is 5.02 Å². The number of aliphatic hydroxyl groups is 1. The number of nitrogens with one attached hydrogen (secondary N) is 1. The van der Waals surface area contributed by atoms with E-state index in [0.717, 1.165) is 5.39 Å². The Morgan fingerprint density at radius 3 is 2.86 bits per heavy atom. The highest BCUT2D eigenvalue weighted by Crippen LogP contribution is 2.24. The Morgan fingerprint density at radius 1 is 1.45 bits per heavy atom. The molecule has 1 aromatic carbocycles. The fourth-order valence-corrected chi connectivity index (χ4v) is 2.72. The molecule has 1 atom stereocenters. The van der Waals surface area contributed by atoms with Gasteiger partial charge >= 0.3 is 0 Å². The molecule has 0 radical (unpaired) electrons. The fourth-order valence-electron chi connectivity index (χ4n) is 2.46. The van der Waals surface area contributed by atoms with Crippen molar-refractivity contribution in [3.8, 4) is 5.82 Å². The highest BCUT2D eigenvalue weighted by molar-refractivity contribution is 6.35. The third-order valence-electron chi connectivity index (χ3n) is 3.51. The lowest BCUT2D eigenvalue weighted by molar-refractivity contribution is 0.276. The van der Waals surface area contributed by atoms with Crippen LogP contribution in [-0.4, -0.2) is 19.9 Å². The molecule has 7 heteroatoms. The van der Waals surface area contributed by atoms with Gasteiger partial charge in [-0.25, -0.2) is 0 Å². The number of benzene rings is 1. The number of hydrogen-bond acceptors (Lipinski definition) is 4. The number of H-pyrrole nitrogens is 1. The van der Waals surface area contributed by atoms with Crippen molar-refractivity contribution >= 4 is 22.4 Å². The lowest BCUT2D eigenvalue weighted by Gasteiger charge is -2.15. The van der Waals surface area contributed by atoms with Crippen LogP contribution in [0.3, 0.4) is 0 Å². The molecule has 0 bridgehead atoms. The maximum Gasteiger partial charge on any atom is 0.265 e. The van der Waals surface area contributed by atoms with Crippen LogP contribution in [0.4, 0.5) is 0 Å². The number of aromatic nitrogens is 3. The van der Waals surface area contributed by atoms with Gasteiger partial charge in [0.15, 0.2) is 5.82 Å². The average Bonchev–Trinajstić information content (AvgIpc) is 2.95. The lowest BCUT2D eigenvalue weighted by Crippen LogP contribution is -2.26. The van der Waals surface area contributed by atoms with E-state index in [1.54, 1.807) is 25.1 Å². The van der Waals surface area contributed by atoms with Gasteiger partial charge in [0.1, 0.15) is 0 Å². The minimum atomic E-state index is -0.370. The smallest absolute Gasteiger partial charge is 0.265 e. The van der Waals surface area contributed by atoms with Gasteiger partial charge in [-0.3, -0.25) is 14.5 Å². The fraction of sp³-hybridized carbons (Fsp3) is 0.200. The Hall–Kier alpha value is -2.15. The van der Waals surface area contributed by atoms with Crippen molar-refractivity contribution in [3.63, 3.8) is 0 Å². The van der Waals surface area contributed by atoms with Crippen molar-refractivity contribution in [2.45, 2.75) is 19.6 Å². The summed E-state index contributed by atoms with van der Waals surface area (Å²) < 4.78 is 1.43. The molecule has 2 heterocycles. The molecule has 22 heavy (non-hydrogen) atoms. The summed E-state index contributed by atoms with van der Waals surface area (Å²) in [7, 11) is 0. The Bertz CT molecular complexity index is 898. The van der Waals surface area contributed by atoms with E-state index >= 15 is 0 Å². The Morgan fingerprint density at radius 2 is 2.23 bits per heavy atom. The third-order valence-corrected chi connectivity index (χ3v) is 3.82. The van der Waals surface area contributed by atoms with E-state index in [1.807, 2.05) is 12.1 Å². The maximum atomic E-state index is 12.9. The van der Waals surface area contributed by atoms with E-state index in [9.17, 15) is 4.79 Å². The number of hydrogen-bond donors (Lipinski definition) is 3. The summed E-state index contributed by atoms with van der Waals surface area (Å²) in [5, 5.41) is 17.4. The zero-order chi connectivity index (χ0) is 15.9. The van der Waals surface area contributed by atoms with Gasteiger partial charge in [-0.05, 0) is 24.4 Å². The second-order valence-corrected chi connectivity index (χ2v) is 5.52. The number of fused-ring (bicyclic) bond motifs is 1. The van der Waals surface area contributed by atoms with E-state index in [0.29, 0.717) is 27.6 Å². The molecule has 6 nitrogen and oxygen atoms in total. The zero-order valence-corrected chi connectivity index (χ0v) is 12.6. The molecule has 0 saturated carbocycles.